The lowest BCUT2D eigenvalue weighted by Gasteiger charge is -2.26. The maximum absolute atomic E-state index is 15.8. The Labute approximate surface area is 304 Å². The van der Waals surface area contributed by atoms with Crippen LogP contribution in [0.25, 0.3) is 53.1 Å². The van der Waals surface area contributed by atoms with Gasteiger partial charge in [-0.3, -0.25) is 0 Å². The molecular weight excluding hydrogens is 739 g/mol. The number of hydrogen-bond donors (Lipinski definition) is 0. The largest absolute Gasteiger partial charge is 0.418 e. The second-order valence-electron chi connectivity index (χ2n) is 11.4. The fourth-order valence-electron chi connectivity index (χ4n) is 6.54. The molecular formula is C38H9F9N8. The Bertz CT molecular complexity index is 2740. The van der Waals surface area contributed by atoms with Gasteiger partial charge >= 0.3 is 18.5 Å². The van der Waals surface area contributed by atoms with Crippen LogP contribution in [0.4, 0.5) is 50.9 Å². The van der Waals surface area contributed by atoms with Gasteiger partial charge in [-0.1, -0.05) is 19.1 Å². The van der Waals surface area contributed by atoms with Gasteiger partial charge in [-0.05, 0) is 52.1 Å². The molecule has 17 heteroatoms. The van der Waals surface area contributed by atoms with E-state index < -0.39 is 119 Å². The van der Waals surface area contributed by atoms with E-state index in [9.17, 15) is 21.0 Å². The minimum Gasteiger partial charge on any atom is -0.238 e. The first-order chi connectivity index (χ1) is 25.8. The summed E-state index contributed by atoms with van der Waals surface area (Å²) in [6, 6.07) is 10.7. The first-order valence-electron chi connectivity index (χ1n) is 14.6. The number of halogens is 9. The van der Waals surface area contributed by atoms with Crippen LogP contribution < -0.4 is 0 Å². The maximum atomic E-state index is 15.8. The van der Waals surface area contributed by atoms with Crippen molar-refractivity contribution in [2.45, 2.75) is 25.5 Å². The van der Waals surface area contributed by atoms with Gasteiger partial charge in [0.2, 0.25) is 0 Å². The van der Waals surface area contributed by atoms with Gasteiger partial charge in [0.1, 0.15) is 12.1 Å². The van der Waals surface area contributed by atoms with Crippen molar-refractivity contribution in [3.05, 3.63) is 149 Å². The molecule has 0 amide bonds. The summed E-state index contributed by atoms with van der Waals surface area (Å²) < 4.78 is 139. The van der Waals surface area contributed by atoms with E-state index in [-0.39, 0.29) is 11.3 Å². The van der Waals surface area contributed by atoms with Crippen LogP contribution in [0.3, 0.4) is 0 Å². The van der Waals surface area contributed by atoms with E-state index in [2.05, 4.69) is 19.4 Å². The van der Waals surface area contributed by atoms with E-state index >= 15 is 39.5 Å². The third-order valence-electron chi connectivity index (χ3n) is 8.42. The molecule has 2 aliphatic carbocycles. The predicted octanol–water partition coefficient (Wildman–Crippen LogP) is 11.3. The highest BCUT2D eigenvalue weighted by Gasteiger charge is 2.56. The smallest absolute Gasteiger partial charge is 0.238 e. The number of nitriles is 4. The Kier molecular flexibility index (Phi) is 9.12. The van der Waals surface area contributed by atoms with Gasteiger partial charge in [0.15, 0.2) is 22.8 Å². The number of fused-ring (bicyclic) bond motifs is 2. The van der Waals surface area contributed by atoms with Gasteiger partial charge in [0.25, 0.3) is 0 Å². The molecule has 3 aromatic rings. The first kappa shape index (κ1) is 38.1. The second kappa shape index (κ2) is 13.2. The predicted molar refractivity (Wildman–Crippen MR) is 175 cm³/mol. The lowest BCUT2D eigenvalue weighted by molar-refractivity contribution is -0.141. The molecule has 2 aliphatic rings. The number of allylic oxidation sites excluding steroid dienone is 6. The molecule has 8 nitrogen and oxygen atoms in total. The summed E-state index contributed by atoms with van der Waals surface area (Å²) in [6.07, 6.45) is -17.8. The van der Waals surface area contributed by atoms with Crippen molar-refractivity contribution in [1.29, 1.82) is 21.0 Å². The van der Waals surface area contributed by atoms with Crippen molar-refractivity contribution in [1.82, 2.24) is 0 Å². The van der Waals surface area contributed by atoms with Crippen molar-refractivity contribution < 1.29 is 39.5 Å². The number of nitrogens with zero attached hydrogens (tertiary/aromatic N) is 8. The van der Waals surface area contributed by atoms with Gasteiger partial charge in [-0.2, -0.15) is 60.6 Å². The standard InChI is InChI=1S/C38H9F9N8/c1-16-25(35(55-5)20-7-18(13-49)9-22(11-20)53-3)28-30(34(16)54-4)32(37(42,43)44)27-24(15-51)31(36(39,40)41)26(29(27)33(28)38(45,46)47)23(14-50)19-6-17(12-48)8-21(10-19)52-2/h6-11H,1H3/b26-23?,35-25+. The molecule has 3 aromatic carbocycles. The molecule has 0 radical (unpaired) electrons. The van der Waals surface area contributed by atoms with E-state index in [1.54, 1.807) is 12.1 Å². The zero-order valence-corrected chi connectivity index (χ0v) is 26.9. The average Bonchev–Trinajstić information content (AvgIpc) is 3.61. The van der Waals surface area contributed by atoms with Gasteiger partial charge in [0.05, 0.1) is 66.3 Å². The molecule has 0 N–H and O–H groups in total. The third kappa shape index (κ3) is 5.96. The summed E-state index contributed by atoms with van der Waals surface area (Å²) in [6.45, 7) is 31.2. The van der Waals surface area contributed by atoms with Crippen LogP contribution in [0.2, 0.25) is 0 Å². The molecule has 55 heavy (non-hydrogen) atoms. The Morgan fingerprint density at radius 3 is 1.49 bits per heavy atom. The van der Waals surface area contributed by atoms with Crippen LogP contribution in [-0.2, 0) is 12.4 Å². The van der Waals surface area contributed by atoms with Crippen LogP contribution >= 0.6 is 0 Å². The third-order valence-corrected chi connectivity index (χ3v) is 8.42. The molecule has 0 bridgehead atoms. The van der Waals surface area contributed by atoms with Crippen LogP contribution in [0, 0.1) is 71.6 Å². The van der Waals surface area contributed by atoms with E-state index in [0.29, 0.717) is 12.1 Å². The Morgan fingerprint density at radius 1 is 0.582 bits per heavy atom. The van der Waals surface area contributed by atoms with Crippen LogP contribution in [0.5, 0.6) is 0 Å². The molecule has 0 unspecified atom stereocenters. The summed E-state index contributed by atoms with van der Waals surface area (Å²) in [7, 11) is 0. The first-order valence-corrected chi connectivity index (χ1v) is 14.6. The highest BCUT2D eigenvalue weighted by Crippen LogP contribution is 2.63. The Hall–Kier alpha value is -8.09. The van der Waals surface area contributed by atoms with Crippen molar-refractivity contribution in [2.24, 2.45) is 0 Å². The molecule has 264 valence electrons. The van der Waals surface area contributed by atoms with Gasteiger partial charge in [-0.25, -0.2) is 19.4 Å². The summed E-state index contributed by atoms with van der Waals surface area (Å²) in [5.74, 6) is 0. The lowest BCUT2D eigenvalue weighted by Crippen LogP contribution is -2.20. The lowest BCUT2D eigenvalue weighted by atomic mass is 9.81. The summed E-state index contributed by atoms with van der Waals surface area (Å²) in [4.78, 5) is 12.4. The quantitative estimate of drug-likeness (QED) is 0.147. The second-order valence-corrected chi connectivity index (χ2v) is 11.4. The zero-order chi connectivity index (χ0) is 40.9. The molecule has 5 rings (SSSR count). The van der Waals surface area contributed by atoms with E-state index in [4.69, 9.17) is 26.3 Å². The number of alkyl halides is 9. The normalized spacial score (nSPS) is 15.2. The monoisotopic (exact) mass is 748 g/mol. The van der Waals surface area contributed by atoms with E-state index in [1.807, 2.05) is 0 Å². The van der Waals surface area contributed by atoms with Crippen molar-refractivity contribution in [3.63, 3.8) is 0 Å². The van der Waals surface area contributed by atoms with Gasteiger partial charge in [0, 0.05) is 33.4 Å². The summed E-state index contributed by atoms with van der Waals surface area (Å²) in [5.41, 5.74) is -25.8. The number of benzene rings is 3. The van der Waals surface area contributed by atoms with Gasteiger partial charge < -0.3 is 0 Å². The van der Waals surface area contributed by atoms with Gasteiger partial charge in [-0.15, -0.1) is 0 Å². The fourth-order valence-corrected chi connectivity index (χ4v) is 6.54. The Balaban J connectivity index is 2.25. The average molecular weight is 749 g/mol. The van der Waals surface area contributed by atoms with Crippen LogP contribution in [-0.4, -0.2) is 6.18 Å². The molecule has 0 aliphatic heterocycles. The summed E-state index contributed by atoms with van der Waals surface area (Å²) >= 11 is 0. The molecule has 0 heterocycles. The molecule has 0 saturated heterocycles. The molecule has 0 saturated carbocycles. The van der Waals surface area contributed by atoms with E-state index in [1.165, 1.54) is 6.07 Å². The number of rotatable bonds is 2. The Morgan fingerprint density at radius 2 is 1.07 bits per heavy atom. The molecule has 0 fully saturated rings. The van der Waals surface area contributed by atoms with E-state index in [0.717, 1.165) is 37.3 Å². The minimum absolute atomic E-state index is 0.309. The van der Waals surface area contributed by atoms with Crippen LogP contribution in [0.1, 0.15) is 62.6 Å². The topological polar surface area (TPSA) is 113 Å². The molecule has 0 aromatic heterocycles. The number of hydrogen-bond acceptors (Lipinski definition) is 4. The highest BCUT2D eigenvalue weighted by atomic mass is 19.4. The fraction of sp³-hybridized carbons (Fsp3) is 0.105. The van der Waals surface area contributed by atoms with Crippen molar-refractivity contribution in [3.8, 4) is 24.3 Å². The molecule has 0 atom stereocenters. The zero-order valence-electron chi connectivity index (χ0n) is 26.9. The minimum atomic E-state index is -5.96. The SMILES string of the molecule is [C-]#[N+]C1=C(C)/C(=C(\[N+]#[C-])c2cc(C#N)cc([N+]#[C-])c2)c2c1c(C(F)(F)F)c1c(c2C(F)(F)F)C(=C(C#N)c2cc(C#N)cc([N+]#[C-])c2)C(C(F)(F)F)=C1C#N. The van der Waals surface area contributed by atoms with Crippen molar-refractivity contribution >= 4 is 45.1 Å². The molecule has 0 spiro atoms. The van der Waals surface area contributed by atoms with Crippen molar-refractivity contribution in [2.75, 3.05) is 0 Å². The van der Waals surface area contributed by atoms with Crippen LogP contribution in [0.15, 0.2) is 47.5 Å². The highest BCUT2D eigenvalue weighted by molar-refractivity contribution is 6.20. The summed E-state index contributed by atoms with van der Waals surface area (Å²) in [5, 5.41) is 39.4. The maximum Gasteiger partial charge on any atom is 0.418 e.